The van der Waals surface area contributed by atoms with Crippen LogP contribution in [-0.2, 0) is 16.0 Å². The van der Waals surface area contributed by atoms with Crippen LogP contribution in [0.1, 0.15) is 24.8 Å². The molecule has 1 amide bonds. The van der Waals surface area contributed by atoms with Crippen LogP contribution in [0.5, 0.6) is 0 Å². The maximum atomic E-state index is 11.9. The lowest BCUT2D eigenvalue weighted by Crippen LogP contribution is -2.38. The van der Waals surface area contributed by atoms with E-state index in [1.54, 1.807) is 18.2 Å². The average molecular weight is 262 g/mol. The Balaban J connectivity index is 1.90. The van der Waals surface area contributed by atoms with Gasteiger partial charge in [0.05, 0.1) is 12.8 Å². The third-order valence-corrected chi connectivity index (χ3v) is 3.25. The number of carboxylic acid groups (broad SMARTS) is 1. The molecule has 1 unspecified atom stereocenters. The minimum absolute atomic E-state index is 0.00661. The second-order valence-electron chi connectivity index (χ2n) is 5.03. The largest absolute Gasteiger partial charge is 0.481 e. The number of rotatable bonds is 6. The van der Waals surface area contributed by atoms with Gasteiger partial charge in [-0.2, -0.15) is 0 Å². The van der Waals surface area contributed by atoms with Crippen molar-refractivity contribution in [2.24, 2.45) is 5.92 Å². The van der Waals surface area contributed by atoms with Crippen LogP contribution < -0.4 is 11.1 Å². The van der Waals surface area contributed by atoms with E-state index in [0.717, 1.165) is 18.4 Å². The fourth-order valence-electron chi connectivity index (χ4n) is 2.17. The summed E-state index contributed by atoms with van der Waals surface area (Å²) in [5.41, 5.74) is 7.11. The molecule has 5 nitrogen and oxygen atoms in total. The maximum Gasteiger partial charge on any atom is 0.305 e. The van der Waals surface area contributed by atoms with Gasteiger partial charge in [0.15, 0.2) is 0 Å². The van der Waals surface area contributed by atoms with E-state index in [0.29, 0.717) is 11.6 Å². The molecular weight excluding hydrogens is 244 g/mol. The van der Waals surface area contributed by atoms with E-state index in [-0.39, 0.29) is 24.8 Å². The van der Waals surface area contributed by atoms with Gasteiger partial charge in [-0.3, -0.25) is 9.59 Å². The van der Waals surface area contributed by atoms with E-state index in [9.17, 15) is 9.59 Å². The number of hydrogen-bond donors (Lipinski definition) is 3. The van der Waals surface area contributed by atoms with Gasteiger partial charge in [-0.25, -0.2) is 0 Å². The van der Waals surface area contributed by atoms with Crippen LogP contribution in [-0.4, -0.2) is 23.0 Å². The molecule has 1 aromatic carbocycles. The van der Waals surface area contributed by atoms with Crippen molar-refractivity contribution in [1.82, 2.24) is 5.32 Å². The Morgan fingerprint density at radius 1 is 1.42 bits per heavy atom. The molecule has 1 fully saturated rings. The predicted octanol–water partition coefficient (Wildman–Crippen LogP) is 1.18. The summed E-state index contributed by atoms with van der Waals surface area (Å²) in [5, 5.41) is 11.6. The zero-order valence-corrected chi connectivity index (χ0v) is 10.6. The summed E-state index contributed by atoms with van der Waals surface area (Å²) in [6, 6.07) is 6.90. The van der Waals surface area contributed by atoms with Gasteiger partial charge in [-0.05, 0) is 36.5 Å². The van der Waals surface area contributed by atoms with Gasteiger partial charge < -0.3 is 16.2 Å². The van der Waals surface area contributed by atoms with Gasteiger partial charge in [0, 0.05) is 11.7 Å². The molecular formula is C14H18N2O3. The molecule has 0 bridgehead atoms. The molecule has 0 heterocycles. The van der Waals surface area contributed by atoms with Crippen LogP contribution in [0.3, 0.4) is 0 Å². The number of nitrogens with one attached hydrogen (secondary N) is 1. The highest BCUT2D eigenvalue weighted by Gasteiger charge is 2.33. The normalized spacial score (nSPS) is 15.8. The van der Waals surface area contributed by atoms with Gasteiger partial charge in [0.1, 0.15) is 0 Å². The smallest absolute Gasteiger partial charge is 0.305 e. The molecule has 5 heteroatoms. The standard InChI is InChI=1S/C14H18N2O3/c15-11-3-1-2-9(6-11)7-13(17)16-12(8-14(18)19)10-4-5-10/h1-3,6,10,12H,4-5,7-8,15H2,(H,16,17)(H,18,19). The summed E-state index contributed by atoms with van der Waals surface area (Å²) in [7, 11) is 0. The summed E-state index contributed by atoms with van der Waals surface area (Å²) in [6.45, 7) is 0. The van der Waals surface area contributed by atoms with Crippen LogP contribution in [0.2, 0.25) is 0 Å². The first-order chi connectivity index (χ1) is 9.04. The van der Waals surface area contributed by atoms with Crippen LogP contribution in [0.15, 0.2) is 24.3 Å². The van der Waals surface area contributed by atoms with Crippen molar-refractivity contribution >= 4 is 17.6 Å². The molecule has 1 aliphatic rings. The second-order valence-corrected chi connectivity index (χ2v) is 5.03. The first-order valence-corrected chi connectivity index (χ1v) is 6.40. The third-order valence-electron chi connectivity index (χ3n) is 3.25. The summed E-state index contributed by atoms with van der Waals surface area (Å²) in [6.07, 6.45) is 2.22. The Hall–Kier alpha value is -2.04. The minimum atomic E-state index is -0.874. The number of carbonyl (C=O) groups excluding carboxylic acids is 1. The highest BCUT2D eigenvalue weighted by atomic mass is 16.4. The van der Waals surface area contributed by atoms with Crippen molar-refractivity contribution in [2.75, 3.05) is 5.73 Å². The number of carboxylic acids is 1. The van der Waals surface area contributed by atoms with Crippen molar-refractivity contribution in [3.8, 4) is 0 Å². The Labute approximate surface area is 111 Å². The molecule has 0 spiro atoms. The second kappa shape index (κ2) is 5.73. The highest BCUT2D eigenvalue weighted by Crippen LogP contribution is 2.34. The molecule has 1 saturated carbocycles. The molecule has 0 radical (unpaired) electrons. The lowest BCUT2D eigenvalue weighted by atomic mass is 10.1. The summed E-state index contributed by atoms with van der Waals surface area (Å²) >= 11 is 0. The van der Waals surface area contributed by atoms with E-state index in [2.05, 4.69) is 5.32 Å². The van der Waals surface area contributed by atoms with E-state index in [4.69, 9.17) is 10.8 Å². The van der Waals surface area contributed by atoms with Crippen molar-refractivity contribution in [1.29, 1.82) is 0 Å². The molecule has 4 N–H and O–H groups in total. The molecule has 2 rings (SSSR count). The monoisotopic (exact) mass is 262 g/mol. The van der Waals surface area contributed by atoms with Crippen molar-refractivity contribution in [3.63, 3.8) is 0 Å². The van der Waals surface area contributed by atoms with Crippen LogP contribution >= 0.6 is 0 Å². The van der Waals surface area contributed by atoms with E-state index >= 15 is 0 Å². The lowest BCUT2D eigenvalue weighted by molar-refractivity contribution is -0.137. The number of amides is 1. The number of nitrogen functional groups attached to an aromatic ring is 1. The molecule has 1 atom stereocenters. The van der Waals surface area contributed by atoms with E-state index in [1.165, 1.54) is 0 Å². The van der Waals surface area contributed by atoms with Gasteiger partial charge in [0.2, 0.25) is 5.91 Å². The zero-order valence-electron chi connectivity index (χ0n) is 10.6. The number of hydrogen-bond acceptors (Lipinski definition) is 3. The Morgan fingerprint density at radius 3 is 2.74 bits per heavy atom. The SMILES string of the molecule is Nc1cccc(CC(=O)NC(CC(=O)O)C2CC2)c1. The Morgan fingerprint density at radius 2 is 2.16 bits per heavy atom. The molecule has 0 aromatic heterocycles. The Bertz CT molecular complexity index is 483. The topological polar surface area (TPSA) is 92.4 Å². The number of carbonyl (C=O) groups is 2. The van der Waals surface area contributed by atoms with Gasteiger partial charge in [-0.15, -0.1) is 0 Å². The minimum Gasteiger partial charge on any atom is -0.481 e. The fourth-order valence-corrected chi connectivity index (χ4v) is 2.17. The zero-order chi connectivity index (χ0) is 13.8. The molecule has 1 aromatic rings. The summed E-state index contributed by atoms with van der Waals surface area (Å²) < 4.78 is 0. The quantitative estimate of drug-likeness (QED) is 0.671. The molecule has 102 valence electrons. The maximum absolute atomic E-state index is 11.9. The van der Waals surface area contributed by atoms with Crippen molar-refractivity contribution in [2.45, 2.75) is 31.7 Å². The molecule has 0 saturated heterocycles. The summed E-state index contributed by atoms with van der Waals surface area (Å²) in [5.74, 6) is -0.703. The van der Waals surface area contributed by atoms with E-state index < -0.39 is 5.97 Å². The van der Waals surface area contributed by atoms with Gasteiger partial charge in [-0.1, -0.05) is 12.1 Å². The average Bonchev–Trinajstić information content (AvgIpc) is 3.10. The van der Waals surface area contributed by atoms with Crippen LogP contribution in [0.25, 0.3) is 0 Å². The van der Waals surface area contributed by atoms with E-state index in [1.807, 2.05) is 6.07 Å². The molecule has 19 heavy (non-hydrogen) atoms. The third kappa shape index (κ3) is 4.28. The number of aliphatic carboxylic acids is 1. The van der Waals surface area contributed by atoms with Crippen molar-refractivity contribution < 1.29 is 14.7 Å². The van der Waals surface area contributed by atoms with Gasteiger partial charge >= 0.3 is 5.97 Å². The Kier molecular flexibility index (Phi) is 4.04. The number of benzene rings is 1. The first kappa shape index (κ1) is 13.4. The van der Waals surface area contributed by atoms with Crippen LogP contribution in [0, 0.1) is 5.92 Å². The predicted molar refractivity (Wildman–Crippen MR) is 71.5 cm³/mol. The molecule has 0 aliphatic heterocycles. The summed E-state index contributed by atoms with van der Waals surface area (Å²) in [4.78, 5) is 22.7. The fraction of sp³-hybridized carbons (Fsp3) is 0.429. The van der Waals surface area contributed by atoms with Crippen molar-refractivity contribution in [3.05, 3.63) is 29.8 Å². The highest BCUT2D eigenvalue weighted by molar-refractivity contribution is 5.80. The van der Waals surface area contributed by atoms with Gasteiger partial charge in [0.25, 0.3) is 0 Å². The molecule has 1 aliphatic carbocycles. The van der Waals surface area contributed by atoms with Crippen LogP contribution in [0.4, 0.5) is 5.69 Å². The lowest BCUT2D eigenvalue weighted by Gasteiger charge is -2.16. The first-order valence-electron chi connectivity index (χ1n) is 6.40. The number of nitrogens with two attached hydrogens (primary N) is 1. The number of anilines is 1.